The first-order chi connectivity index (χ1) is 13.8. The van der Waals surface area contributed by atoms with Gasteiger partial charge in [0.05, 0.1) is 0 Å². The van der Waals surface area contributed by atoms with Crippen molar-refractivity contribution in [3.8, 4) is 16.2 Å². The van der Waals surface area contributed by atoms with Gasteiger partial charge in [-0.2, -0.15) is 0 Å². The number of carboxylic acids is 1. The van der Waals surface area contributed by atoms with Crippen LogP contribution in [0.5, 0.6) is 5.75 Å². The lowest BCUT2D eigenvalue weighted by Gasteiger charge is -2.26. The number of carbonyl (C=O) groups is 1. The Morgan fingerprint density at radius 2 is 1.90 bits per heavy atom. The highest BCUT2D eigenvalue weighted by molar-refractivity contribution is 7.81. The van der Waals surface area contributed by atoms with Gasteiger partial charge >= 0.3 is 5.97 Å². The molecule has 3 aromatic rings. The monoisotopic (exact) mass is 449 g/mol. The Morgan fingerprint density at radius 1 is 1.17 bits per heavy atom. The summed E-state index contributed by atoms with van der Waals surface area (Å²) in [6, 6.07) is 16.9. The second-order valence-corrected chi connectivity index (χ2v) is 9.08. The molecule has 0 bridgehead atoms. The van der Waals surface area contributed by atoms with Crippen LogP contribution in [0.25, 0.3) is 10.4 Å². The fourth-order valence-corrected chi connectivity index (χ4v) is 5.75. The molecule has 1 aliphatic carbocycles. The molecule has 0 aliphatic heterocycles. The first kappa shape index (κ1) is 19.9. The van der Waals surface area contributed by atoms with Gasteiger partial charge in [0.1, 0.15) is 10.8 Å². The number of thiophene rings is 1. The molecule has 9 heteroatoms. The molecule has 0 amide bonds. The van der Waals surface area contributed by atoms with E-state index in [1.165, 1.54) is 23.5 Å². The number of halogens is 1. The van der Waals surface area contributed by atoms with Gasteiger partial charge in [0.2, 0.25) is 0 Å². The number of hydrogen-bond donors (Lipinski definition) is 3. The highest BCUT2D eigenvalue weighted by Gasteiger charge is 2.67. The maximum Gasteiger partial charge on any atom is 0.331 e. The van der Waals surface area contributed by atoms with Crippen LogP contribution in [-0.2, 0) is 16.1 Å². The average Bonchev–Trinajstić information content (AvgIpc) is 3.24. The van der Waals surface area contributed by atoms with Gasteiger partial charge in [0, 0.05) is 15.8 Å². The molecule has 4 rings (SSSR count). The minimum absolute atomic E-state index is 0.0199. The molecule has 0 saturated heterocycles. The minimum Gasteiger partial charge on any atom is -0.508 e. The smallest absolute Gasteiger partial charge is 0.331 e. The van der Waals surface area contributed by atoms with E-state index in [4.69, 9.17) is 11.6 Å². The summed E-state index contributed by atoms with van der Waals surface area (Å²) in [6.07, 6.45) is 0.159. The topological polar surface area (TPSA) is 98.1 Å². The maximum atomic E-state index is 12.2. The van der Waals surface area contributed by atoms with Crippen molar-refractivity contribution >= 4 is 45.2 Å². The molecule has 3 atom stereocenters. The lowest BCUT2D eigenvalue weighted by molar-refractivity contribution is -0.139. The second kappa shape index (κ2) is 7.46. The Kier molecular flexibility index (Phi) is 5.12. The Bertz CT molecular complexity index is 1100. The maximum absolute atomic E-state index is 12.2. The summed E-state index contributed by atoms with van der Waals surface area (Å²) in [4.78, 5) is 13.0. The van der Waals surface area contributed by atoms with Crippen LogP contribution in [0.3, 0.4) is 0 Å². The fourth-order valence-electron chi connectivity index (χ4n) is 3.55. The third kappa shape index (κ3) is 3.53. The molecule has 1 aromatic heterocycles. The van der Waals surface area contributed by atoms with E-state index in [1.54, 1.807) is 36.4 Å². The second-order valence-electron chi connectivity index (χ2n) is 6.75. The van der Waals surface area contributed by atoms with E-state index in [9.17, 15) is 23.8 Å². The lowest BCUT2D eigenvalue weighted by atomic mass is 10.1. The number of rotatable bonds is 6. The zero-order valence-corrected chi connectivity index (χ0v) is 17.2. The lowest BCUT2D eigenvalue weighted by Crippen LogP contribution is -2.45. The molecule has 0 spiro atoms. The highest BCUT2D eigenvalue weighted by Crippen LogP contribution is 2.58. The molecule has 150 valence electrons. The Balaban J connectivity index is 1.73. The zero-order valence-electron chi connectivity index (χ0n) is 14.9. The van der Waals surface area contributed by atoms with Crippen LogP contribution in [0, 0.1) is 0 Å². The van der Waals surface area contributed by atoms with Crippen LogP contribution in [0.2, 0.25) is 5.02 Å². The molecule has 6 nitrogen and oxygen atoms in total. The number of anilines is 1. The summed E-state index contributed by atoms with van der Waals surface area (Å²) in [5.41, 5.74) is -0.0773. The van der Waals surface area contributed by atoms with E-state index in [0.29, 0.717) is 15.6 Å². The minimum atomic E-state index is -2.55. The molecular formula is C20H16ClNO5S2. The first-order valence-electron chi connectivity index (χ1n) is 8.62. The predicted octanol–water partition coefficient (Wildman–Crippen LogP) is 4.73. The Morgan fingerprint density at radius 3 is 2.52 bits per heavy atom. The molecule has 29 heavy (non-hydrogen) atoms. The Hall–Kier alpha value is -2.39. The van der Waals surface area contributed by atoms with E-state index in [0.717, 1.165) is 14.7 Å². The van der Waals surface area contributed by atoms with Crippen molar-refractivity contribution in [1.29, 1.82) is 0 Å². The molecule has 3 unspecified atom stereocenters. The van der Waals surface area contributed by atoms with Gasteiger partial charge in [0.15, 0.2) is 5.54 Å². The molecule has 0 radical (unpaired) electrons. The summed E-state index contributed by atoms with van der Waals surface area (Å²) >= 11 is 4.60. The molecule has 1 aliphatic rings. The van der Waals surface area contributed by atoms with E-state index in [1.807, 2.05) is 12.1 Å². The largest absolute Gasteiger partial charge is 0.508 e. The van der Waals surface area contributed by atoms with Crippen molar-refractivity contribution in [3.05, 3.63) is 71.2 Å². The van der Waals surface area contributed by atoms with Crippen molar-refractivity contribution in [3.63, 3.8) is 0 Å². The number of carboxylic acid groups (broad SMARTS) is 1. The number of phenols is 1. The van der Waals surface area contributed by atoms with Crippen LogP contribution < -0.4 is 4.31 Å². The summed E-state index contributed by atoms with van der Waals surface area (Å²) in [5.74, 6) is -1.69. The van der Waals surface area contributed by atoms with Crippen molar-refractivity contribution in [1.82, 2.24) is 0 Å². The molecule has 1 saturated carbocycles. The van der Waals surface area contributed by atoms with Crippen molar-refractivity contribution in [2.24, 2.45) is 0 Å². The van der Waals surface area contributed by atoms with Crippen LogP contribution in [0.4, 0.5) is 5.00 Å². The number of phenolic OH excluding ortho intramolecular Hbond substituents is 1. The number of nitrogens with zero attached hydrogens (tertiary/aromatic N) is 1. The van der Waals surface area contributed by atoms with Gasteiger partial charge in [-0.05, 0) is 53.9 Å². The van der Waals surface area contributed by atoms with Gasteiger partial charge in [-0.1, -0.05) is 35.9 Å². The van der Waals surface area contributed by atoms with E-state index >= 15 is 0 Å². The third-order valence-corrected chi connectivity index (χ3v) is 7.34. The molecule has 1 heterocycles. The summed E-state index contributed by atoms with van der Waals surface area (Å²) in [6.45, 7) is 0. The third-order valence-electron chi connectivity index (χ3n) is 5.01. The van der Waals surface area contributed by atoms with Crippen molar-refractivity contribution in [2.45, 2.75) is 17.9 Å². The summed E-state index contributed by atoms with van der Waals surface area (Å²) in [7, 11) is 0. The molecular weight excluding hydrogens is 434 g/mol. The predicted molar refractivity (Wildman–Crippen MR) is 114 cm³/mol. The summed E-state index contributed by atoms with van der Waals surface area (Å²) < 4.78 is 23.3. The van der Waals surface area contributed by atoms with E-state index < -0.39 is 28.7 Å². The van der Waals surface area contributed by atoms with Crippen LogP contribution >= 0.6 is 22.9 Å². The quantitative estimate of drug-likeness (QED) is 0.472. The van der Waals surface area contributed by atoms with Gasteiger partial charge in [-0.15, -0.1) is 11.3 Å². The van der Waals surface area contributed by atoms with Gasteiger partial charge in [0.25, 0.3) is 11.3 Å². The number of hydrogen-bond acceptors (Lipinski definition) is 4. The van der Waals surface area contributed by atoms with Crippen molar-refractivity contribution < 1.29 is 23.8 Å². The number of aliphatic carboxylic acids is 1. The fraction of sp³-hybridized carbons (Fsp3) is 0.150. The number of benzene rings is 2. The standard InChI is InChI=1S/C20H16ClNO5S2/c21-14-6-4-12(5-7-14)17-8-9-18(28-17)22(29(26)27)20(19(24)25)11-16(20)13-2-1-3-15(23)10-13/h1-10,16,23H,11H2,(H,24,25)(H,26,27). The van der Waals surface area contributed by atoms with Crippen molar-refractivity contribution in [2.75, 3.05) is 4.31 Å². The highest BCUT2D eigenvalue weighted by atomic mass is 35.5. The van der Waals surface area contributed by atoms with E-state index in [-0.39, 0.29) is 12.2 Å². The first-order valence-corrected chi connectivity index (χ1v) is 10.9. The van der Waals surface area contributed by atoms with Gasteiger partial charge in [-0.25, -0.2) is 13.3 Å². The average molecular weight is 450 g/mol. The summed E-state index contributed by atoms with van der Waals surface area (Å²) in [5, 5.41) is 20.7. The zero-order chi connectivity index (χ0) is 20.8. The van der Waals surface area contributed by atoms with Crippen LogP contribution in [0.15, 0.2) is 60.7 Å². The Labute approximate surface area is 178 Å². The van der Waals surface area contributed by atoms with Crippen LogP contribution in [0.1, 0.15) is 17.9 Å². The molecule has 2 aromatic carbocycles. The SMILES string of the molecule is O=C(O)C1(N(c2ccc(-c3ccc(Cl)cc3)s2)S(=O)O)CC1c1cccc(O)c1. The number of aromatic hydroxyl groups is 1. The van der Waals surface area contributed by atoms with Gasteiger partial charge < -0.3 is 10.2 Å². The van der Waals surface area contributed by atoms with Gasteiger partial charge in [-0.3, -0.25) is 4.55 Å². The molecule has 3 N–H and O–H groups in total. The van der Waals surface area contributed by atoms with Crippen LogP contribution in [-0.4, -0.2) is 30.5 Å². The normalized spacial score (nSPS) is 21.5. The molecule has 1 fully saturated rings. The van der Waals surface area contributed by atoms with E-state index in [2.05, 4.69) is 0 Å².